The molecule has 11 heteroatoms. The fourth-order valence-corrected chi connectivity index (χ4v) is 7.71. The van der Waals surface area contributed by atoms with Crippen LogP contribution in [-0.4, -0.2) is 45.7 Å². The average molecular weight is 517 g/mol. The Kier molecular flexibility index (Phi) is 4.70. The summed E-state index contributed by atoms with van der Waals surface area (Å²) in [6, 6.07) is 1.94. The number of aromatic amines is 1. The van der Waals surface area contributed by atoms with Gasteiger partial charge in [0.05, 0.1) is 29.0 Å². The van der Waals surface area contributed by atoms with Gasteiger partial charge >= 0.3 is 11.7 Å². The van der Waals surface area contributed by atoms with Crippen LogP contribution in [0.2, 0.25) is 0 Å². The molecule has 4 aromatic rings. The number of carbonyl (C=O) groups excluding carboxylic acids is 1. The van der Waals surface area contributed by atoms with E-state index in [1.807, 2.05) is 44.5 Å². The van der Waals surface area contributed by atoms with Crippen LogP contribution in [0, 0.1) is 24.2 Å². The second-order valence-corrected chi connectivity index (χ2v) is 12.7. The normalized spacial score (nSPS) is 28.3. The number of hydrogen-bond acceptors (Lipinski definition) is 8. The summed E-state index contributed by atoms with van der Waals surface area (Å²) < 4.78 is 9.46. The molecule has 4 fully saturated rings. The monoisotopic (exact) mass is 516 g/mol. The Morgan fingerprint density at radius 2 is 1.95 bits per heavy atom. The van der Waals surface area contributed by atoms with Gasteiger partial charge < -0.3 is 15.0 Å². The Morgan fingerprint density at radius 1 is 1.18 bits per heavy atom. The molecule has 0 spiro atoms. The van der Waals surface area contributed by atoms with Gasteiger partial charge in [-0.05, 0) is 89.7 Å². The minimum absolute atomic E-state index is 0.118. The summed E-state index contributed by atoms with van der Waals surface area (Å²) in [4.78, 5) is 43.6. The van der Waals surface area contributed by atoms with Gasteiger partial charge in [-0.25, -0.2) is 19.3 Å². The molecule has 2 atom stereocenters. The highest BCUT2D eigenvalue weighted by Gasteiger charge is 2.63. The van der Waals surface area contributed by atoms with E-state index in [1.54, 1.807) is 10.7 Å². The molecule has 38 heavy (non-hydrogen) atoms. The lowest BCUT2D eigenvalue weighted by atomic mass is 9.46. The number of hydrogen-bond donors (Lipinski definition) is 2. The Labute approximate surface area is 219 Å². The van der Waals surface area contributed by atoms with E-state index in [2.05, 4.69) is 25.4 Å². The molecule has 4 aromatic heterocycles. The van der Waals surface area contributed by atoms with Crippen molar-refractivity contribution in [1.29, 1.82) is 0 Å². The quantitative estimate of drug-likeness (QED) is 0.391. The summed E-state index contributed by atoms with van der Waals surface area (Å²) in [5.74, 6) is 1.04. The van der Waals surface area contributed by atoms with Gasteiger partial charge in [-0.3, -0.25) is 9.36 Å². The Morgan fingerprint density at radius 3 is 2.68 bits per heavy atom. The fraction of sp³-hybridized carbons (Fsp3) is 0.556. The van der Waals surface area contributed by atoms with E-state index in [4.69, 9.17) is 9.72 Å². The highest BCUT2D eigenvalue weighted by Crippen LogP contribution is 2.64. The van der Waals surface area contributed by atoms with Crippen LogP contribution in [0.15, 0.2) is 29.6 Å². The van der Waals surface area contributed by atoms with Crippen LogP contribution >= 0.6 is 0 Å². The van der Waals surface area contributed by atoms with Crippen molar-refractivity contribution in [3.8, 4) is 0 Å². The number of carbonyl (C=O) groups is 1. The summed E-state index contributed by atoms with van der Waals surface area (Å²) in [6.07, 6.45) is 10.1. The number of ether oxygens (including phenoxy) is 1. The highest BCUT2D eigenvalue weighted by molar-refractivity contribution is 5.78. The largest absolute Gasteiger partial charge is 0.460 e. The van der Waals surface area contributed by atoms with Crippen LogP contribution < -0.4 is 11.0 Å². The number of fused-ring (bicyclic) bond motifs is 2. The van der Waals surface area contributed by atoms with Gasteiger partial charge in [0, 0.05) is 0 Å². The maximum Gasteiger partial charge on any atom is 0.328 e. The first-order valence-electron chi connectivity index (χ1n) is 13.3. The van der Waals surface area contributed by atoms with Crippen molar-refractivity contribution in [1.82, 2.24) is 34.1 Å². The zero-order valence-electron chi connectivity index (χ0n) is 22.1. The van der Waals surface area contributed by atoms with Gasteiger partial charge in [-0.1, -0.05) is 0 Å². The molecule has 198 valence electrons. The third kappa shape index (κ3) is 3.54. The Hall–Kier alpha value is -3.76. The van der Waals surface area contributed by atoms with Crippen LogP contribution in [0.5, 0.6) is 0 Å². The molecule has 0 radical (unpaired) electrons. The topological polar surface area (TPSA) is 132 Å². The number of aromatic nitrogens is 7. The lowest BCUT2D eigenvalue weighted by Gasteiger charge is -2.61. The van der Waals surface area contributed by atoms with Crippen molar-refractivity contribution in [3.05, 3.63) is 40.8 Å². The first-order valence-corrected chi connectivity index (χ1v) is 13.3. The van der Waals surface area contributed by atoms with Crippen LogP contribution in [0.1, 0.15) is 64.9 Å². The summed E-state index contributed by atoms with van der Waals surface area (Å²) in [5.41, 5.74) is 1.89. The maximum absolute atomic E-state index is 13.6. The van der Waals surface area contributed by atoms with E-state index in [9.17, 15) is 9.59 Å². The minimum Gasteiger partial charge on any atom is -0.460 e. The number of H-pyrrole nitrogens is 1. The number of nitrogens with one attached hydrogen (secondary N) is 2. The number of pyridine rings is 1. The second kappa shape index (κ2) is 7.64. The predicted octanol–water partition coefficient (Wildman–Crippen LogP) is 3.85. The second-order valence-electron chi connectivity index (χ2n) is 12.7. The molecule has 11 nitrogen and oxygen atoms in total. The van der Waals surface area contributed by atoms with Gasteiger partial charge in [-0.15, -0.1) is 0 Å². The number of nitrogens with zero attached hydrogens (tertiary/aromatic N) is 6. The average Bonchev–Trinajstić information content (AvgIpc) is 3.40. The number of rotatable bonds is 4. The zero-order chi connectivity index (χ0) is 26.4. The van der Waals surface area contributed by atoms with Crippen molar-refractivity contribution in [2.75, 3.05) is 5.32 Å². The van der Waals surface area contributed by atoms with Crippen molar-refractivity contribution < 1.29 is 9.53 Å². The Bertz CT molecular complexity index is 1640. The van der Waals surface area contributed by atoms with Crippen molar-refractivity contribution in [3.63, 3.8) is 0 Å². The van der Waals surface area contributed by atoms with Crippen LogP contribution in [0.3, 0.4) is 0 Å². The molecule has 4 saturated carbocycles. The van der Waals surface area contributed by atoms with Crippen LogP contribution in [0.4, 0.5) is 11.6 Å². The molecule has 4 bridgehead atoms. The molecule has 2 unspecified atom stereocenters. The number of imidazole rings is 1. The minimum atomic E-state index is -0.557. The van der Waals surface area contributed by atoms with Gasteiger partial charge in [-0.2, -0.15) is 10.1 Å². The highest BCUT2D eigenvalue weighted by atomic mass is 16.6. The third-order valence-electron chi connectivity index (χ3n) is 8.63. The van der Waals surface area contributed by atoms with Crippen LogP contribution in [0.25, 0.3) is 16.8 Å². The zero-order valence-corrected chi connectivity index (χ0v) is 22.1. The van der Waals surface area contributed by atoms with Gasteiger partial charge in [0.25, 0.3) is 0 Å². The Balaban J connectivity index is 1.29. The van der Waals surface area contributed by atoms with E-state index in [0.717, 1.165) is 49.0 Å². The molecule has 0 aromatic carbocycles. The lowest BCUT2D eigenvalue weighted by molar-refractivity contribution is -0.189. The molecule has 8 rings (SSSR count). The van der Waals surface area contributed by atoms with E-state index >= 15 is 0 Å². The van der Waals surface area contributed by atoms with Crippen molar-refractivity contribution in [2.45, 2.75) is 77.4 Å². The van der Waals surface area contributed by atoms with Crippen LogP contribution in [-0.2, 0) is 15.1 Å². The molecule has 4 aliphatic rings. The predicted molar refractivity (Wildman–Crippen MR) is 140 cm³/mol. The fourth-order valence-electron chi connectivity index (χ4n) is 7.71. The van der Waals surface area contributed by atoms with E-state index in [1.165, 1.54) is 6.33 Å². The van der Waals surface area contributed by atoms with E-state index < -0.39 is 16.6 Å². The van der Waals surface area contributed by atoms with Crippen molar-refractivity contribution >= 4 is 34.4 Å². The smallest absolute Gasteiger partial charge is 0.328 e. The summed E-state index contributed by atoms with van der Waals surface area (Å²) in [5, 5.41) is 7.51. The molecule has 0 saturated heterocycles. The van der Waals surface area contributed by atoms with Gasteiger partial charge in [0.2, 0.25) is 5.95 Å². The molecule has 4 heterocycles. The molecular weight excluding hydrogens is 484 g/mol. The van der Waals surface area contributed by atoms with E-state index in [-0.39, 0.29) is 11.7 Å². The maximum atomic E-state index is 13.6. The third-order valence-corrected chi connectivity index (χ3v) is 8.63. The molecule has 4 aliphatic carbocycles. The van der Waals surface area contributed by atoms with Crippen molar-refractivity contribution in [2.24, 2.45) is 17.3 Å². The SMILES string of the molecule is Cc1cc2ncnn2cc1Nc1ncc2[nH]c(=O)n(C34CC5CC(CC(C(=O)OC(C)(C)C)(C5)C3)C4)c2n1. The molecule has 0 aliphatic heterocycles. The molecular formula is C27H32N8O3. The van der Waals surface area contributed by atoms with Gasteiger partial charge in [0.15, 0.2) is 11.3 Å². The van der Waals surface area contributed by atoms with Gasteiger partial charge in [0.1, 0.15) is 17.4 Å². The summed E-state index contributed by atoms with van der Waals surface area (Å²) in [7, 11) is 0. The summed E-state index contributed by atoms with van der Waals surface area (Å²) >= 11 is 0. The first kappa shape index (κ1) is 23.4. The summed E-state index contributed by atoms with van der Waals surface area (Å²) in [6.45, 7) is 7.73. The number of esters is 1. The standard InChI is InChI=1S/C27H32N8O3/c1-15-5-20-29-14-30-34(20)12-19(15)31-23-28-11-18-21(33-23)35(24(37)32-18)27-9-16-6-17(10-27)8-26(7-16,13-27)22(36)38-25(2,3)4/h5,11-12,14,16-17H,6-10,13H2,1-4H3,(H,32,37)(H,28,31,33). The number of aryl methyl sites for hydroxylation is 1. The molecule has 0 amide bonds. The first-order chi connectivity index (χ1) is 18.0. The lowest BCUT2D eigenvalue weighted by Crippen LogP contribution is -2.61. The van der Waals surface area contributed by atoms with E-state index in [0.29, 0.717) is 35.4 Å². The number of anilines is 2. The molecule has 2 N–H and O–H groups in total.